The minimum atomic E-state index is -1.91. The minimum Gasteiger partial charge on any atom is -0.468 e. The summed E-state index contributed by atoms with van der Waals surface area (Å²) in [5.41, 5.74) is -1.28. The average Bonchev–Trinajstić information content (AvgIpc) is 2.85. The Labute approximate surface area is 211 Å². The number of methoxy groups -OCH3 is 2. The Morgan fingerprint density at radius 1 is 0.917 bits per heavy atom. The van der Waals surface area contributed by atoms with Crippen LogP contribution in [0.4, 0.5) is 4.79 Å². The molecule has 0 saturated heterocycles. The standard InChI is InChI=1S/C27H34N2O7/c1-26(2,3)36-25(33)29-21(17-19-11-7-6-8-12-19)22(30)18-27(23(31)34-4,24(32)35-5)15-14-20-13-9-10-16-28-20/h6-13,16,21H,14-15,17-18H2,1-5H3,(H,29,33)/t21-/m1/s1. The molecule has 1 aromatic heterocycles. The fourth-order valence-electron chi connectivity index (χ4n) is 3.76. The van der Waals surface area contributed by atoms with Crippen LogP contribution in [0, 0.1) is 5.41 Å². The third-order valence-corrected chi connectivity index (χ3v) is 5.52. The van der Waals surface area contributed by atoms with E-state index < -0.39 is 47.3 Å². The van der Waals surface area contributed by atoms with Crippen LogP contribution in [0.2, 0.25) is 0 Å². The van der Waals surface area contributed by atoms with Crippen molar-refractivity contribution in [3.63, 3.8) is 0 Å². The molecular weight excluding hydrogens is 464 g/mol. The number of alkyl carbamates (subject to hydrolysis) is 1. The Morgan fingerprint density at radius 3 is 2.06 bits per heavy atom. The van der Waals surface area contributed by atoms with Gasteiger partial charge in [0.05, 0.1) is 20.3 Å². The van der Waals surface area contributed by atoms with Crippen LogP contribution in [0.3, 0.4) is 0 Å². The van der Waals surface area contributed by atoms with E-state index in [0.717, 1.165) is 19.8 Å². The molecule has 1 heterocycles. The normalized spacial score (nSPS) is 12.2. The van der Waals surface area contributed by atoms with Gasteiger partial charge in [-0.15, -0.1) is 0 Å². The fourth-order valence-corrected chi connectivity index (χ4v) is 3.76. The summed E-state index contributed by atoms with van der Waals surface area (Å²) in [6.45, 7) is 5.12. The molecule has 2 aromatic rings. The first-order chi connectivity index (χ1) is 17.0. The molecule has 1 aromatic carbocycles. The summed E-state index contributed by atoms with van der Waals surface area (Å²) in [4.78, 5) is 56.3. The van der Waals surface area contributed by atoms with Crippen molar-refractivity contribution in [1.29, 1.82) is 0 Å². The number of hydrogen-bond acceptors (Lipinski definition) is 8. The number of nitrogens with one attached hydrogen (secondary N) is 1. The highest BCUT2D eigenvalue weighted by Crippen LogP contribution is 2.33. The Balaban J connectivity index is 2.38. The minimum absolute atomic E-state index is 0.0698. The highest BCUT2D eigenvalue weighted by molar-refractivity contribution is 6.05. The van der Waals surface area contributed by atoms with Gasteiger partial charge in [0.2, 0.25) is 0 Å². The van der Waals surface area contributed by atoms with Gasteiger partial charge in [-0.05, 0) is 57.7 Å². The number of carbonyl (C=O) groups excluding carboxylic acids is 4. The number of aromatic nitrogens is 1. The number of benzene rings is 1. The number of ether oxygens (including phenoxy) is 3. The van der Waals surface area contributed by atoms with Crippen LogP contribution in [0.1, 0.15) is 44.9 Å². The van der Waals surface area contributed by atoms with Crippen LogP contribution >= 0.6 is 0 Å². The number of esters is 2. The molecule has 1 atom stereocenters. The van der Waals surface area contributed by atoms with Crippen LogP contribution in [0.15, 0.2) is 54.7 Å². The molecule has 0 aliphatic carbocycles. The zero-order chi connectivity index (χ0) is 26.8. The van der Waals surface area contributed by atoms with E-state index in [4.69, 9.17) is 14.2 Å². The van der Waals surface area contributed by atoms with Crippen molar-refractivity contribution in [3.8, 4) is 0 Å². The lowest BCUT2D eigenvalue weighted by Gasteiger charge is -2.30. The molecule has 0 saturated carbocycles. The molecule has 194 valence electrons. The van der Waals surface area contributed by atoms with Crippen LogP contribution in [0.5, 0.6) is 0 Å². The smallest absolute Gasteiger partial charge is 0.408 e. The van der Waals surface area contributed by atoms with Crippen LogP contribution in [0.25, 0.3) is 0 Å². The number of carbonyl (C=O) groups is 4. The molecular formula is C27H34N2O7. The summed E-state index contributed by atoms with van der Waals surface area (Å²) in [6.07, 6.45) is 0.566. The van der Waals surface area contributed by atoms with E-state index >= 15 is 0 Å². The third kappa shape index (κ3) is 8.18. The highest BCUT2D eigenvalue weighted by atomic mass is 16.6. The molecule has 9 heteroatoms. The molecule has 0 bridgehead atoms. The summed E-state index contributed by atoms with van der Waals surface area (Å²) in [5, 5.41) is 2.60. The molecule has 0 aliphatic rings. The lowest BCUT2D eigenvalue weighted by atomic mass is 9.76. The average molecular weight is 499 g/mol. The van der Waals surface area contributed by atoms with E-state index in [1.165, 1.54) is 0 Å². The Hall–Kier alpha value is -3.75. The van der Waals surface area contributed by atoms with Gasteiger partial charge in [-0.25, -0.2) is 4.79 Å². The first kappa shape index (κ1) is 28.5. The largest absolute Gasteiger partial charge is 0.468 e. The van der Waals surface area contributed by atoms with Crippen molar-refractivity contribution in [1.82, 2.24) is 10.3 Å². The number of rotatable bonds is 11. The Kier molecular flexibility index (Phi) is 10.1. The van der Waals surface area contributed by atoms with Gasteiger partial charge in [-0.1, -0.05) is 36.4 Å². The highest BCUT2D eigenvalue weighted by Gasteiger charge is 2.50. The molecule has 0 unspecified atom stereocenters. The zero-order valence-corrected chi connectivity index (χ0v) is 21.4. The topological polar surface area (TPSA) is 121 Å². The van der Waals surface area contributed by atoms with Gasteiger partial charge in [0.1, 0.15) is 5.60 Å². The summed E-state index contributed by atoms with van der Waals surface area (Å²) in [6, 6.07) is 13.3. The number of nitrogens with zero attached hydrogens (tertiary/aromatic N) is 1. The third-order valence-electron chi connectivity index (χ3n) is 5.52. The molecule has 0 spiro atoms. The Bertz CT molecular complexity index is 1020. The second-order valence-electron chi connectivity index (χ2n) is 9.42. The van der Waals surface area contributed by atoms with E-state index in [1.807, 2.05) is 30.3 Å². The molecule has 2 rings (SSSR count). The van der Waals surface area contributed by atoms with E-state index in [0.29, 0.717) is 5.69 Å². The predicted octanol–water partition coefficient (Wildman–Crippen LogP) is 3.44. The fraction of sp³-hybridized carbons (Fsp3) is 0.444. The van der Waals surface area contributed by atoms with Gasteiger partial charge in [0, 0.05) is 18.3 Å². The first-order valence-electron chi connectivity index (χ1n) is 11.6. The van der Waals surface area contributed by atoms with E-state index in [-0.39, 0.29) is 19.3 Å². The molecule has 0 fully saturated rings. The molecule has 0 radical (unpaired) electrons. The zero-order valence-electron chi connectivity index (χ0n) is 21.4. The van der Waals surface area contributed by atoms with Crippen LogP contribution in [-0.2, 0) is 41.4 Å². The predicted molar refractivity (Wildman–Crippen MR) is 132 cm³/mol. The summed E-state index contributed by atoms with van der Waals surface area (Å²) < 4.78 is 15.2. The number of pyridine rings is 1. The monoisotopic (exact) mass is 498 g/mol. The van der Waals surface area contributed by atoms with Crippen molar-refractivity contribution < 1.29 is 33.4 Å². The number of ketones is 1. The van der Waals surface area contributed by atoms with Gasteiger partial charge in [0.15, 0.2) is 11.2 Å². The quantitative estimate of drug-likeness (QED) is 0.284. The number of Topliss-reactive ketones (excluding diaryl/α,β-unsaturated/α-hetero) is 1. The Morgan fingerprint density at radius 2 is 1.53 bits per heavy atom. The lowest BCUT2D eigenvalue weighted by Crippen LogP contribution is -2.49. The molecule has 9 nitrogen and oxygen atoms in total. The van der Waals surface area contributed by atoms with E-state index in [1.54, 1.807) is 45.2 Å². The second kappa shape index (κ2) is 12.8. The summed E-state index contributed by atoms with van der Waals surface area (Å²) >= 11 is 0. The van der Waals surface area contributed by atoms with E-state index in [9.17, 15) is 19.2 Å². The van der Waals surface area contributed by atoms with Crippen molar-refractivity contribution in [2.75, 3.05) is 14.2 Å². The molecule has 1 amide bonds. The van der Waals surface area contributed by atoms with Gasteiger partial charge in [0.25, 0.3) is 0 Å². The van der Waals surface area contributed by atoms with Gasteiger partial charge >= 0.3 is 18.0 Å². The van der Waals surface area contributed by atoms with Gasteiger partial charge in [-0.2, -0.15) is 0 Å². The van der Waals surface area contributed by atoms with Crippen LogP contribution < -0.4 is 5.32 Å². The molecule has 36 heavy (non-hydrogen) atoms. The van der Waals surface area contributed by atoms with Crippen molar-refractivity contribution in [3.05, 3.63) is 66.0 Å². The van der Waals surface area contributed by atoms with Gasteiger partial charge in [-0.3, -0.25) is 19.4 Å². The maximum absolute atomic E-state index is 13.6. The number of hydrogen-bond donors (Lipinski definition) is 1. The van der Waals surface area contributed by atoms with Crippen LogP contribution in [-0.4, -0.2) is 54.7 Å². The van der Waals surface area contributed by atoms with Gasteiger partial charge < -0.3 is 19.5 Å². The van der Waals surface area contributed by atoms with Crippen molar-refractivity contribution in [2.24, 2.45) is 5.41 Å². The maximum atomic E-state index is 13.6. The van der Waals surface area contributed by atoms with E-state index in [2.05, 4.69) is 10.3 Å². The van der Waals surface area contributed by atoms with Crippen molar-refractivity contribution >= 4 is 23.8 Å². The maximum Gasteiger partial charge on any atom is 0.408 e. The number of amides is 1. The summed E-state index contributed by atoms with van der Waals surface area (Å²) in [7, 11) is 2.29. The van der Waals surface area contributed by atoms with Crippen molar-refractivity contribution in [2.45, 2.75) is 58.1 Å². The lowest BCUT2D eigenvalue weighted by molar-refractivity contribution is -0.171. The SMILES string of the molecule is COC(=O)C(CCc1ccccn1)(CC(=O)[C@@H](Cc1ccccc1)NC(=O)OC(C)(C)C)C(=O)OC. The molecule has 1 N–H and O–H groups in total. The first-order valence-corrected chi connectivity index (χ1v) is 11.6. The molecule has 0 aliphatic heterocycles. The second-order valence-corrected chi connectivity index (χ2v) is 9.42. The summed E-state index contributed by atoms with van der Waals surface area (Å²) in [5.74, 6) is -2.33. The number of aryl methyl sites for hydroxylation is 1.